The summed E-state index contributed by atoms with van der Waals surface area (Å²) >= 11 is 1.27. The maximum atomic E-state index is 13.3. The molecule has 0 aliphatic carbocycles. The highest BCUT2D eigenvalue weighted by Crippen LogP contribution is 2.31. The Labute approximate surface area is 172 Å². The lowest BCUT2D eigenvalue weighted by Crippen LogP contribution is -2.57. The van der Waals surface area contributed by atoms with Crippen molar-refractivity contribution in [1.29, 1.82) is 0 Å². The Morgan fingerprint density at radius 1 is 1.24 bits per heavy atom. The van der Waals surface area contributed by atoms with Gasteiger partial charge in [0.15, 0.2) is 5.65 Å². The molecule has 1 aromatic carbocycles. The number of aromatic nitrogens is 2. The summed E-state index contributed by atoms with van der Waals surface area (Å²) in [4.78, 5) is 24.3. The van der Waals surface area contributed by atoms with Gasteiger partial charge in [0.2, 0.25) is 5.91 Å². The van der Waals surface area contributed by atoms with E-state index in [1.807, 2.05) is 29.2 Å². The predicted octanol–water partition coefficient (Wildman–Crippen LogP) is 4.06. The molecular formula is C21H23FN4O2S. The van der Waals surface area contributed by atoms with E-state index >= 15 is 0 Å². The molecule has 3 heterocycles. The highest BCUT2D eigenvalue weighted by Gasteiger charge is 2.30. The average molecular weight is 415 g/mol. The molecule has 0 radical (unpaired) electrons. The Balaban J connectivity index is 1.40. The molecular weight excluding hydrogens is 391 g/mol. The van der Waals surface area contributed by atoms with Crippen molar-refractivity contribution in [2.24, 2.45) is 0 Å². The summed E-state index contributed by atoms with van der Waals surface area (Å²) in [6.07, 6.45) is 1.15. The van der Waals surface area contributed by atoms with Gasteiger partial charge in [0, 0.05) is 38.6 Å². The van der Waals surface area contributed by atoms with Crippen LogP contribution in [0.15, 0.2) is 36.5 Å². The third-order valence-corrected chi connectivity index (χ3v) is 6.10. The van der Waals surface area contributed by atoms with Crippen LogP contribution >= 0.6 is 11.3 Å². The van der Waals surface area contributed by atoms with E-state index in [-0.39, 0.29) is 17.8 Å². The molecule has 1 aliphatic heterocycles. The van der Waals surface area contributed by atoms with Crippen LogP contribution in [0, 0.1) is 5.82 Å². The molecule has 29 heavy (non-hydrogen) atoms. The van der Waals surface area contributed by atoms with Gasteiger partial charge in [-0.25, -0.2) is 9.37 Å². The molecule has 3 aromatic rings. The van der Waals surface area contributed by atoms with Crippen LogP contribution in [0.2, 0.25) is 0 Å². The summed E-state index contributed by atoms with van der Waals surface area (Å²) in [7, 11) is 0. The normalized spacial score (nSPS) is 20.2. The monoisotopic (exact) mass is 414 g/mol. The van der Waals surface area contributed by atoms with E-state index in [4.69, 9.17) is 4.74 Å². The molecule has 0 spiro atoms. The minimum atomic E-state index is -0.385. The Morgan fingerprint density at radius 2 is 2.00 bits per heavy atom. The maximum absolute atomic E-state index is 13.3. The minimum Gasteiger partial charge on any atom is -0.431 e. The van der Waals surface area contributed by atoms with Crippen molar-refractivity contribution in [3.8, 4) is 10.9 Å². The van der Waals surface area contributed by atoms with E-state index < -0.39 is 0 Å². The van der Waals surface area contributed by atoms with Crippen LogP contribution in [0.1, 0.15) is 26.3 Å². The fourth-order valence-corrected chi connectivity index (χ4v) is 4.49. The van der Waals surface area contributed by atoms with E-state index in [0.29, 0.717) is 27.3 Å². The predicted molar refractivity (Wildman–Crippen MR) is 111 cm³/mol. The highest BCUT2D eigenvalue weighted by atomic mass is 32.1. The molecule has 0 unspecified atom stereocenters. The van der Waals surface area contributed by atoms with Gasteiger partial charge in [0.25, 0.3) is 5.19 Å². The molecule has 1 fully saturated rings. The first-order chi connectivity index (χ1) is 13.9. The second-order valence-corrected chi connectivity index (χ2v) is 8.49. The zero-order valence-corrected chi connectivity index (χ0v) is 17.4. The van der Waals surface area contributed by atoms with Crippen molar-refractivity contribution in [3.05, 3.63) is 47.9 Å². The topological polar surface area (TPSA) is 58.6 Å². The lowest BCUT2D eigenvalue weighted by atomic mass is 10.1. The number of nitrogens with zero attached hydrogens (tertiary/aromatic N) is 4. The van der Waals surface area contributed by atoms with Crippen molar-refractivity contribution < 1.29 is 13.9 Å². The summed E-state index contributed by atoms with van der Waals surface area (Å²) < 4.78 is 19.7. The minimum absolute atomic E-state index is 0.137. The molecule has 0 bridgehead atoms. The Kier molecular flexibility index (Phi) is 5.47. The zero-order valence-electron chi connectivity index (χ0n) is 16.6. The van der Waals surface area contributed by atoms with E-state index in [1.165, 1.54) is 23.0 Å². The quantitative estimate of drug-likeness (QED) is 0.644. The first kappa shape index (κ1) is 19.7. The lowest BCUT2D eigenvalue weighted by molar-refractivity contribution is -0.134. The van der Waals surface area contributed by atoms with Gasteiger partial charge in [-0.05, 0) is 37.6 Å². The van der Waals surface area contributed by atoms with Crippen LogP contribution in [0.5, 0.6) is 10.9 Å². The summed E-state index contributed by atoms with van der Waals surface area (Å²) in [5.74, 6) is 0.430. The van der Waals surface area contributed by atoms with Gasteiger partial charge < -0.3 is 9.64 Å². The number of halogens is 1. The molecule has 8 heteroatoms. The van der Waals surface area contributed by atoms with Gasteiger partial charge in [-0.3, -0.25) is 9.69 Å². The SMILES string of the molecule is CC(=O)N1C[C@H](C)N(Cc2ccc(Oc3nc4ncc(F)cc4s3)cc2)C[C@@H]1C. The molecule has 152 valence electrons. The van der Waals surface area contributed by atoms with E-state index in [2.05, 4.69) is 28.7 Å². The Hall–Kier alpha value is -2.58. The number of carbonyl (C=O) groups is 1. The fraction of sp³-hybridized carbons (Fsp3) is 0.381. The number of amides is 1. The number of piperazine rings is 1. The molecule has 2 atom stereocenters. The smallest absolute Gasteiger partial charge is 0.281 e. The standard InChI is InChI=1S/C21H23FN4O2S/c1-13-11-26(15(3)27)14(2)10-25(13)12-16-4-6-18(7-5-16)28-21-24-20-19(29-21)8-17(22)9-23-20/h4-9,13-14H,10-12H2,1-3H3/t13-,14-/m0/s1. The van der Waals surface area contributed by atoms with Crippen LogP contribution in [0.4, 0.5) is 4.39 Å². The van der Waals surface area contributed by atoms with Gasteiger partial charge in [0.1, 0.15) is 11.6 Å². The first-order valence-electron chi connectivity index (χ1n) is 9.59. The van der Waals surface area contributed by atoms with Gasteiger partial charge >= 0.3 is 0 Å². The second kappa shape index (κ2) is 8.04. The molecule has 0 N–H and O–H groups in total. The number of carbonyl (C=O) groups excluding carboxylic acids is 1. The molecule has 1 saturated heterocycles. The number of rotatable bonds is 4. The summed E-state index contributed by atoms with van der Waals surface area (Å²) in [6, 6.07) is 9.82. The number of benzene rings is 1. The largest absolute Gasteiger partial charge is 0.431 e. The molecule has 6 nitrogen and oxygen atoms in total. The van der Waals surface area contributed by atoms with Gasteiger partial charge in [-0.2, -0.15) is 4.98 Å². The van der Waals surface area contributed by atoms with Crippen molar-refractivity contribution in [3.63, 3.8) is 0 Å². The van der Waals surface area contributed by atoms with E-state index in [9.17, 15) is 9.18 Å². The molecule has 2 aromatic heterocycles. The second-order valence-electron chi connectivity index (χ2n) is 7.50. The number of hydrogen-bond acceptors (Lipinski definition) is 6. The lowest BCUT2D eigenvalue weighted by Gasteiger charge is -2.43. The van der Waals surface area contributed by atoms with Crippen molar-refractivity contribution in [2.45, 2.75) is 39.4 Å². The molecule has 4 rings (SSSR count). The third-order valence-electron chi connectivity index (χ3n) is 5.23. The average Bonchev–Trinajstić information content (AvgIpc) is 3.07. The molecule has 1 aliphatic rings. The van der Waals surface area contributed by atoms with E-state index in [0.717, 1.165) is 25.8 Å². The van der Waals surface area contributed by atoms with Gasteiger partial charge in [-0.15, -0.1) is 0 Å². The summed E-state index contributed by atoms with van der Waals surface area (Å²) in [5, 5.41) is 0.439. The van der Waals surface area contributed by atoms with E-state index in [1.54, 1.807) is 6.92 Å². The maximum Gasteiger partial charge on any atom is 0.281 e. The molecule has 1 amide bonds. The summed E-state index contributed by atoms with van der Waals surface area (Å²) in [6.45, 7) is 8.31. The van der Waals surface area contributed by atoms with Gasteiger partial charge in [-0.1, -0.05) is 23.5 Å². The van der Waals surface area contributed by atoms with Crippen molar-refractivity contribution >= 4 is 27.6 Å². The number of fused-ring (bicyclic) bond motifs is 1. The van der Waals surface area contributed by atoms with Crippen LogP contribution in [0.25, 0.3) is 10.3 Å². The van der Waals surface area contributed by atoms with Crippen molar-refractivity contribution in [2.75, 3.05) is 13.1 Å². The fourth-order valence-electron chi connectivity index (χ4n) is 3.68. The van der Waals surface area contributed by atoms with Crippen LogP contribution in [0.3, 0.4) is 0 Å². The first-order valence-corrected chi connectivity index (χ1v) is 10.4. The van der Waals surface area contributed by atoms with Crippen molar-refractivity contribution in [1.82, 2.24) is 19.8 Å². The summed E-state index contributed by atoms with van der Waals surface area (Å²) in [5.41, 5.74) is 1.66. The van der Waals surface area contributed by atoms with Gasteiger partial charge in [0.05, 0.1) is 10.9 Å². The third kappa shape index (κ3) is 4.38. The Bertz CT molecular complexity index is 1020. The Morgan fingerprint density at radius 3 is 2.72 bits per heavy atom. The number of ether oxygens (including phenoxy) is 1. The van der Waals surface area contributed by atoms with Crippen LogP contribution in [-0.4, -0.2) is 50.8 Å². The number of hydrogen-bond donors (Lipinski definition) is 0. The number of pyridine rings is 1. The highest BCUT2D eigenvalue weighted by molar-refractivity contribution is 7.20. The van der Waals surface area contributed by atoms with Crippen LogP contribution in [-0.2, 0) is 11.3 Å². The number of thiazole rings is 1. The molecule has 0 saturated carbocycles. The van der Waals surface area contributed by atoms with Crippen LogP contribution < -0.4 is 4.74 Å². The zero-order chi connectivity index (χ0) is 20.5.